The zero-order valence-corrected chi connectivity index (χ0v) is 15.5. The van der Waals surface area contributed by atoms with Crippen molar-refractivity contribution in [3.8, 4) is 6.07 Å². The van der Waals surface area contributed by atoms with Crippen LogP contribution in [-0.4, -0.2) is 51.0 Å². The molecular weight excluding hydrogens is 324 g/mol. The number of anilines is 2. The van der Waals surface area contributed by atoms with Crippen molar-refractivity contribution in [3.05, 3.63) is 23.8 Å². The van der Waals surface area contributed by atoms with Gasteiger partial charge in [0.1, 0.15) is 6.07 Å². The maximum Gasteiger partial charge on any atom is 0.101 e. The first-order valence-electron chi connectivity index (χ1n) is 8.50. The largest absolute Gasteiger partial charge is 0.372 e. The molecule has 2 aliphatic rings. The van der Waals surface area contributed by atoms with E-state index in [1.54, 1.807) is 0 Å². The summed E-state index contributed by atoms with van der Waals surface area (Å²) in [6.07, 6.45) is 0.385. The fraction of sp³-hybridized carbons (Fsp3) is 0.611. The van der Waals surface area contributed by atoms with Crippen molar-refractivity contribution >= 4 is 23.8 Å². The Morgan fingerprint density at radius 1 is 1.21 bits per heavy atom. The second-order valence-electron chi connectivity index (χ2n) is 6.72. The molecule has 2 saturated heterocycles. The van der Waals surface area contributed by atoms with E-state index in [1.807, 2.05) is 6.07 Å². The number of nitrogens with zero attached hydrogens (tertiary/aromatic N) is 3. The van der Waals surface area contributed by atoms with Gasteiger partial charge >= 0.3 is 0 Å². The Labute approximate surface area is 151 Å². The van der Waals surface area contributed by atoms with Crippen molar-refractivity contribution in [2.75, 3.05) is 42.5 Å². The van der Waals surface area contributed by atoms with E-state index in [1.165, 1.54) is 0 Å². The van der Waals surface area contributed by atoms with Crippen LogP contribution in [0, 0.1) is 11.3 Å². The lowest BCUT2D eigenvalue weighted by Crippen LogP contribution is -2.50. The molecule has 132 valence electrons. The normalized spacial score (nSPS) is 27.3. The van der Waals surface area contributed by atoms with Crippen LogP contribution >= 0.6 is 12.4 Å². The third kappa shape index (κ3) is 3.94. The number of hydrogen-bond acceptors (Lipinski definition) is 5. The van der Waals surface area contributed by atoms with E-state index in [0.717, 1.165) is 49.7 Å². The molecule has 1 N–H and O–H groups in total. The zero-order valence-electron chi connectivity index (χ0n) is 14.7. The van der Waals surface area contributed by atoms with Gasteiger partial charge in [0.15, 0.2) is 0 Å². The quantitative estimate of drug-likeness (QED) is 0.887. The SMILES string of the molecule is C[C@@H]1CN(c2ccc(N3CCNC[C@H]3C)cc2C#N)C[C@H](C)O1.Cl. The van der Waals surface area contributed by atoms with Gasteiger partial charge in [-0.15, -0.1) is 12.4 Å². The van der Waals surface area contributed by atoms with E-state index in [0.29, 0.717) is 6.04 Å². The van der Waals surface area contributed by atoms with Crippen LogP contribution in [0.3, 0.4) is 0 Å². The molecule has 0 unspecified atom stereocenters. The van der Waals surface area contributed by atoms with Crippen LogP contribution in [0.5, 0.6) is 0 Å². The minimum atomic E-state index is 0. The van der Waals surface area contributed by atoms with Crippen molar-refractivity contribution < 1.29 is 4.74 Å². The molecule has 6 heteroatoms. The third-order valence-corrected chi connectivity index (χ3v) is 4.69. The molecule has 0 radical (unpaired) electrons. The van der Waals surface area contributed by atoms with Crippen molar-refractivity contribution in [2.45, 2.75) is 39.0 Å². The van der Waals surface area contributed by atoms with Crippen molar-refractivity contribution in [2.24, 2.45) is 0 Å². The Morgan fingerprint density at radius 3 is 2.54 bits per heavy atom. The molecule has 3 rings (SSSR count). The number of nitriles is 1. The zero-order chi connectivity index (χ0) is 16.4. The van der Waals surface area contributed by atoms with Crippen LogP contribution in [0.15, 0.2) is 18.2 Å². The van der Waals surface area contributed by atoms with E-state index < -0.39 is 0 Å². The molecule has 0 aromatic heterocycles. The van der Waals surface area contributed by atoms with Gasteiger partial charge in [0.25, 0.3) is 0 Å². The van der Waals surface area contributed by atoms with Gasteiger partial charge in [-0.1, -0.05) is 0 Å². The summed E-state index contributed by atoms with van der Waals surface area (Å²) in [4.78, 5) is 4.66. The van der Waals surface area contributed by atoms with Crippen LogP contribution in [0.2, 0.25) is 0 Å². The first-order chi connectivity index (χ1) is 11.1. The molecule has 2 heterocycles. The monoisotopic (exact) mass is 350 g/mol. The highest BCUT2D eigenvalue weighted by Crippen LogP contribution is 2.29. The molecule has 0 spiro atoms. The van der Waals surface area contributed by atoms with Gasteiger partial charge in [-0.2, -0.15) is 5.26 Å². The highest BCUT2D eigenvalue weighted by molar-refractivity contribution is 5.85. The maximum atomic E-state index is 9.63. The number of rotatable bonds is 2. The molecule has 1 aromatic rings. The minimum Gasteiger partial charge on any atom is -0.372 e. The van der Waals surface area contributed by atoms with Gasteiger partial charge in [0.2, 0.25) is 0 Å². The fourth-order valence-electron chi connectivity index (χ4n) is 3.67. The molecule has 0 amide bonds. The van der Waals surface area contributed by atoms with Crippen molar-refractivity contribution in [1.82, 2.24) is 5.32 Å². The van der Waals surface area contributed by atoms with Gasteiger partial charge in [0, 0.05) is 44.5 Å². The summed E-state index contributed by atoms with van der Waals surface area (Å²) < 4.78 is 5.80. The highest BCUT2D eigenvalue weighted by atomic mass is 35.5. The van der Waals surface area contributed by atoms with E-state index in [-0.39, 0.29) is 24.6 Å². The summed E-state index contributed by atoms with van der Waals surface area (Å²) in [5, 5.41) is 13.0. The highest BCUT2D eigenvalue weighted by Gasteiger charge is 2.25. The van der Waals surface area contributed by atoms with Crippen LogP contribution < -0.4 is 15.1 Å². The lowest BCUT2D eigenvalue weighted by atomic mass is 10.1. The number of benzene rings is 1. The molecular formula is C18H27ClN4O. The Kier molecular flexibility index (Phi) is 6.34. The summed E-state index contributed by atoms with van der Waals surface area (Å²) in [5.74, 6) is 0. The van der Waals surface area contributed by atoms with Gasteiger partial charge < -0.3 is 19.9 Å². The fourth-order valence-corrected chi connectivity index (χ4v) is 3.67. The Morgan fingerprint density at radius 2 is 1.92 bits per heavy atom. The molecule has 2 fully saturated rings. The van der Waals surface area contributed by atoms with E-state index in [2.05, 4.69) is 54.1 Å². The number of piperazine rings is 1. The molecule has 2 aliphatic heterocycles. The van der Waals surface area contributed by atoms with E-state index in [9.17, 15) is 5.26 Å². The number of hydrogen-bond donors (Lipinski definition) is 1. The summed E-state index contributed by atoms with van der Waals surface area (Å²) in [6, 6.07) is 9.14. The molecule has 0 aliphatic carbocycles. The third-order valence-electron chi connectivity index (χ3n) is 4.69. The average molecular weight is 351 g/mol. The van der Waals surface area contributed by atoms with Crippen LogP contribution in [0.25, 0.3) is 0 Å². The Hall–Kier alpha value is -1.48. The van der Waals surface area contributed by atoms with Crippen LogP contribution in [0.1, 0.15) is 26.3 Å². The topological polar surface area (TPSA) is 51.5 Å². The summed E-state index contributed by atoms with van der Waals surface area (Å²) in [7, 11) is 0. The van der Waals surface area contributed by atoms with Gasteiger partial charge in [-0.25, -0.2) is 0 Å². The molecule has 3 atom stereocenters. The average Bonchev–Trinajstić information content (AvgIpc) is 2.54. The van der Waals surface area contributed by atoms with E-state index >= 15 is 0 Å². The lowest BCUT2D eigenvalue weighted by Gasteiger charge is -2.38. The minimum absolute atomic E-state index is 0. The summed E-state index contributed by atoms with van der Waals surface area (Å²) in [6.45, 7) is 11.0. The van der Waals surface area contributed by atoms with Crippen LogP contribution in [0.4, 0.5) is 11.4 Å². The smallest absolute Gasteiger partial charge is 0.101 e. The maximum absolute atomic E-state index is 9.63. The number of halogens is 1. The van der Waals surface area contributed by atoms with Gasteiger partial charge in [-0.3, -0.25) is 0 Å². The standard InChI is InChI=1S/C18H26N4O.ClH/c1-13-10-20-6-7-22(13)17-4-5-18(16(8-17)9-19)21-11-14(2)23-15(3)12-21;/h4-5,8,13-15,20H,6-7,10-12H2,1-3H3;1H/t13-,14-,15+;/m1./s1. The lowest BCUT2D eigenvalue weighted by molar-refractivity contribution is -0.00522. The Balaban J connectivity index is 0.00000208. The van der Waals surface area contributed by atoms with Crippen LogP contribution in [-0.2, 0) is 4.74 Å². The first-order valence-corrected chi connectivity index (χ1v) is 8.50. The summed E-state index contributed by atoms with van der Waals surface area (Å²) >= 11 is 0. The Bertz CT molecular complexity index is 593. The number of nitrogens with one attached hydrogen (secondary N) is 1. The number of morpholine rings is 1. The molecule has 24 heavy (non-hydrogen) atoms. The van der Waals surface area contributed by atoms with Crippen molar-refractivity contribution in [3.63, 3.8) is 0 Å². The molecule has 0 bridgehead atoms. The molecule has 0 saturated carbocycles. The molecule has 1 aromatic carbocycles. The predicted molar refractivity (Wildman–Crippen MR) is 100 cm³/mol. The first kappa shape index (κ1) is 18.9. The number of ether oxygens (including phenoxy) is 1. The van der Waals surface area contributed by atoms with Gasteiger partial charge in [0.05, 0.1) is 23.5 Å². The van der Waals surface area contributed by atoms with E-state index in [4.69, 9.17) is 4.74 Å². The second-order valence-corrected chi connectivity index (χ2v) is 6.72. The summed E-state index contributed by atoms with van der Waals surface area (Å²) in [5.41, 5.74) is 2.93. The predicted octanol–water partition coefficient (Wildman–Crippen LogP) is 2.39. The van der Waals surface area contributed by atoms with Gasteiger partial charge in [-0.05, 0) is 39.0 Å². The second kappa shape index (κ2) is 8.06. The molecule has 5 nitrogen and oxygen atoms in total. The van der Waals surface area contributed by atoms with Crippen molar-refractivity contribution in [1.29, 1.82) is 5.26 Å².